The van der Waals surface area contributed by atoms with Gasteiger partial charge in [-0.3, -0.25) is 4.99 Å². The van der Waals surface area contributed by atoms with Crippen molar-refractivity contribution in [2.24, 2.45) is 4.99 Å². The van der Waals surface area contributed by atoms with Gasteiger partial charge in [-0.05, 0) is 39.0 Å². The van der Waals surface area contributed by atoms with E-state index in [0.717, 1.165) is 0 Å². The van der Waals surface area contributed by atoms with Crippen molar-refractivity contribution in [3.63, 3.8) is 0 Å². The van der Waals surface area contributed by atoms with Gasteiger partial charge < -0.3 is 20.3 Å². The molecule has 2 N–H and O–H groups in total. The summed E-state index contributed by atoms with van der Waals surface area (Å²) in [5.41, 5.74) is 0.268. The van der Waals surface area contributed by atoms with Crippen LogP contribution >= 0.6 is 24.0 Å². The summed E-state index contributed by atoms with van der Waals surface area (Å²) >= 11 is 0. The maximum atomic E-state index is 13.8. The van der Waals surface area contributed by atoms with Gasteiger partial charge >= 0.3 is 6.09 Å². The van der Waals surface area contributed by atoms with Gasteiger partial charge in [0.15, 0.2) is 5.96 Å². The molecule has 1 aromatic rings. The van der Waals surface area contributed by atoms with E-state index in [1.54, 1.807) is 11.9 Å². The minimum atomic E-state index is -0.519. The molecule has 1 aliphatic heterocycles. The molecule has 27 heavy (non-hydrogen) atoms. The highest BCUT2D eigenvalue weighted by molar-refractivity contribution is 14.0. The van der Waals surface area contributed by atoms with E-state index in [4.69, 9.17) is 10.00 Å². The maximum Gasteiger partial charge on any atom is 0.410 e. The third kappa shape index (κ3) is 6.86. The number of benzene rings is 1. The molecule has 0 atom stereocenters. The molecule has 0 bridgehead atoms. The van der Waals surface area contributed by atoms with Gasteiger partial charge in [-0.1, -0.05) is 0 Å². The average molecular weight is 489 g/mol. The number of likely N-dealkylation sites (tertiary alicyclic amines) is 1. The highest BCUT2D eigenvalue weighted by Crippen LogP contribution is 2.15. The molecule has 1 aromatic carbocycles. The van der Waals surface area contributed by atoms with E-state index in [1.165, 1.54) is 18.2 Å². The largest absolute Gasteiger partial charge is 0.444 e. The lowest BCUT2D eigenvalue weighted by molar-refractivity contribution is 0.00701. The number of carbonyl (C=O) groups excluding carboxylic acids is 1. The van der Waals surface area contributed by atoms with E-state index in [2.05, 4.69) is 15.6 Å². The summed E-state index contributed by atoms with van der Waals surface area (Å²) in [4.78, 5) is 17.6. The monoisotopic (exact) mass is 489 g/mol. The fraction of sp³-hybridized carbons (Fsp3) is 0.500. The van der Waals surface area contributed by atoms with Crippen molar-refractivity contribution in [1.29, 1.82) is 5.26 Å². The van der Waals surface area contributed by atoms with Crippen LogP contribution in [-0.4, -0.2) is 48.7 Å². The summed E-state index contributed by atoms with van der Waals surface area (Å²) < 4.78 is 19.1. The van der Waals surface area contributed by atoms with Crippen LogP contribution < -0.4 is 10.6 Å². The van der Waals surface area contributed by atoms with Gasteiger partial charge in [0, 0.05) is 32.2 Å². The third-order valence-corrected chi connectivity index (χ3v) is 3.72. The third-order valence-electron chi connectivity index (χ3n) is 3.72. The Morgan fingerprint density at radius 3 is 2.67 bits per heavy atom. The summed E-state index contributed by atoms with van der Waals surface area (Å²) in [7, 11) is 1.61. The Balaban J connectivity index is 0.00000364. The Morgan fingerprint density at radius 1 is 1.44 bits per heavy atom. The van der Waals surface area contributed by atoms with Crippen LogP contribution in [0.1, 0.15) is 31.9 Å². The number of halogens is 2. The molecule has 1 fully saturated rings. The molecule has 0 aliphatic carbocycles. The predicted octanol–water partition coefficient (Wildman–Crippen LogP) is 2.60. The number of nitriles is 1. The number of nitrogens with zero attached hydrogens (tertiary/aromatic N) is 3. The fourth-order valence-corrected chi connectivity index (χ4v) is 2.39. The average Bonchev–Trinajstić information content (AvgIpc) is 2.52. The van der Waals surface area contributed by atoms with Crippen molar-refractivity contribution in [3.05, 3.63) is 35.1 Å². The lowest BCUT2D eigenvalue weighted by Gasteiger charge is -2.40. The van der Waals surface area contributed by atoms with Crippen molar-refractivity contribution in [2.45, 2.75) is 39.0 Å². The van der Waals surface area contributed by atoms with E-state index in [9.17, 15) is 9.18 Å². The molecule has 1 heterocycles. The molecule has 0 radical (unpaired) electrons. The standard InChI is InChI=1S/C18H24FN5O2.HI/c1-18(2,3)26-17(25)24-10-14(11-24)23-16(21-4)22-9-13-7-12(8-20)5-6-15(13)19;/h5-7,14H,9-11H2,1-4H3,(H2,21,22,23);1H. The summed E-state index contributed by atoms with van der Waals surface area (Å²) in [5.74, 6) is 0.118. The first-order chi connectivity index (χ1) is 12.2. The molecular formula is C18H25FIN5O2. The van der Waals surface area contributed by atoms with Gasteiger partial charge in [0.25, 0.3) is 0 Å². The highest BCUT2D eigenvalue weighted by Gasteiger charge is 2.34. The summed E-state index contributed by atoms with van der Waals surface area (Å²) in [6.45, 7) is 6.69. The second-order valence-electron chi connectivity index (χ2n) is 7.07. The predicted molar refractivity (Wildman–Crippen MR) is 111 cm³/mol. The number of aliphatic imine (C=N–C) groups is 1. The van der Waals surface area contributed by atoms with E-state index >= 15 is 0 Å². The van der Waals surface area contributed by atoms with Gasteiger partial charge in [0.1, 0.15) is 11.4 Å². The molecule has 9 heteroatoms. The highest BCUT2D eigenvalue weighted by atomic mass is 127. The Bertz CT molecular complexity index is 736. The van der Waals surface area contributed by atoms with E-state index in [-0.39, 0.29) is 48.5 Å². The first kappa shape index (κ1) is 23.0. The van der Waals surface area contributed by atoms with Crippen molar-refractivity contribution in [3.8, 4) is 6.07 Å². The van der Waals surface area contributed by atoms with Crippen LogP contribution in [0.2, 0.25) is 0 Å². The van der Waals surface area contributed by atoms with E-state index in [0.29, 0.717) is 30.2 Å². The zero-order valence-corrected chi connectivity index (χ0v) is 18.2. The molecular weight excluding hydrogens is 464 g/mol. The Morgan fingerprint density at radius 2 is 2.11 bits per heavy atom. The van der Waals surface area contributed by atoms with Crippen LogP contribution in [0, 0.1) is 17.1 Å². The smallest absolute Gasteiger partial charge is 0.410 e. The van der Waals surface area contributed by atoms with Crippen molar-refractivity contribution >= 4 is 36.0 Å². The molecule has 148 valence electrons. The van der Waals surface area contributed by atoms with Gasteiger partial charge in [-0.25, -0.2) is 9.18 Å². The Kier molecular flexibility index (Phi) is 8.27. The lowest BCUT2D eigenvalue weighted by Crippen LogP contribution is -2.63. The van der Waals surface area contributed by atoms with Crippen LogP contribution in [0.3, 0.4) is 0 Å². The molecule has 7 nitrogen and oxygen atoms in total. The van der Waals surface area contributed by atoms with Crippen LogP contribution in [0.4, 0.5) is 9.18 Å². The van der Waals surface area contributed by atoms with Crippen molar-refractivity contribution in [2.75, 3.05) is 20.1 Å². The van der Waals surface area contributed by atoms with Gasteiger partial charge in [-0.2, -0.15) is 5.26 Å². The zero-order chi connectivity index (χ0) is 19.3. The number of amides is 1. The second kappa shape index (κ2) is 9.73. The van der Waals surface area contributed by atoms with Crippen LogP contribution in [0.25, 0.3) is 0 Å². The number of nitrogens with one attached hydrogen (secondary N) is 2. The normalized spacial score (nSPS) is 14.5. The van der Waals surface area contributed by atoms with Crippen molar-refractivity contribution in [1.82, 2.24) is 15.5 Å². The molecule has 1 aliphatic rings. The second-order valence-corrected chi connectivity index (χ2v) is 7.07. The summed E-state index contributed by atoms with van der Waals surface area (Å²) in [6.07, 6.45) is -0.339. The maximum absolute atomic E-state index is 13.8. The summed E-state index contributed by atoms with van der Waals surface area (Å²) in [6, 6.07) is 6.25. The number of rotatable bonds is 3. The number of ether oxygens (including phenoxy) is 1. The van der Waals surface area contributed by atoms with Crippen molar-refractivity contribution < 1.29 is 13.9 Å². The molecule has 2 rings (SSSR count). The number of hydrogen-bond acceptors (Lipinski definition) is 4. The first-order valence-corrected chi connectivity index (χ1v) is 8.35. The Labute approximate surface area is 176 Å². The number of guanidine groups is 1. The molecule has 0 spiro atoms. The van der Waals surface area contributed by atoms with E-state index < -0.39 is 5.60 Å². The van der Waals surface area contributed by atoms with Crippen LogP contribution in [0.15, 0.2) is 23.2 Å². The SMILES string of the molecule is CN=C(NCc1cc(C#N)ccc1F)NC1CN(C(=O)OC(C)(C)C)C1.I. The quantitative estimate of drug-likeness (QED) is 0.387. The molecule has 1 saturated heterocycles. The molecule has 0 aromatic heterocycles. The van der Waals surface area contributed by atoms with Crippen LogP contribution in [-0.2, 0) is 11.3 Å². The molecule has 0 saturated carbocycles. The van der Waals surface area contributed by atoms with Crippen LogP contribution in [0.5, 0.6) is 0 Å². The molecule has 0 unspecified atom stereocenters. The minimum absolute atomic E-state index is 0. The van der Waals surface area contributed by atoms with Gasteiger partial charge in [0.05, 0.1) is 17.7 Å². The molecule has 1 amide bonds. The topological polar surface area (TPSA) is 89.8 Å². The van der Waals surface area contributed by atoms with Gasteiger partial charge in [-0.15, -0.1) is 24.0 Å². The minimum Gasteiger partial charge on any atom is -0.444 e. The number of hydrogen-bond donors (Lipinski definition) is 2. The fourth-order valence-electron chi connectivity index (χ4n) is 2.39. The summed E-state index contributed by atoms with van der Waals surface area (Å²) in [5, 5.41) is 15.1. The lowest BCUT2D eigenvalue weighted by atomic mass is 10.1. The number of carbonyl (C=O) groups is 1. The van der Waals surface area contributed by atoms with E-state index in [1.807, 2.05) is 26.8 Å². The first-order valence-electron chi connectivity index (χ1n) is 8.35. The van der Waals surface area contributed by atoms with Gasteiger partial charge in [0.2, 0.25) is 0 Å². The Hall–Kier alpha value is -2.09. The zero-order valence-electron chi connectivity index (χ0n) is 15.9.